The van der Waals surface area contributed by atoms with Gasteiger partial charge in [0.1, 0.15) is 59.6 Å². The molecule has 4 aliphatic heterocycles. The fourth-order valence-electron chi connectivity index (χ4n) is 12.0. The predicted molar refractivity (Wildman–Crippen MR) is 358 cm³/mol. The van der Waals surface area contributed by atoms with Crippen LogP contribution in [0.25, 0.3) is 10.9 Å². The fraction of sp³-hybridized carbons (Fsp3) is 0.576. The van der Waals surface area contributed by atoms with E-state index in [1.54, 1.807) is 26.0 Å². The molecule has 104 heavy (non-hydrogen) atoms. The number of nitrogens with one attached hydrogen (secondary N) is 8. The van der Waals surface area contributed by atoms with Gasteiger partial charge in [-0.3, -0.25) is 57.5 Å². The third-order valence-corrected chi connectivity index (χ3v) is 19.1. The highest BCUT2D eigenvalue weighted by Gasteiger charge is 2.50. The third kappa shape index (κ3) is 22.1. The first-order valence-electron chi connectivity index (χ1n) is 33.6. The van der Waals surface area contributed by atoms with Crippen LogP contribution in [0.15, 0.2) is 41.4 Å². The summed E-state index contributed by atoms with van der Waals surface area (Å²) in [6.45, 7) is 4.44. The molecule has 0 spiro atoms. The zero-order valence-electron chi connectivity index (χ0n) is 58.2. The van der Waals surface area contributed by atoms with Crippen molar-refractivity contribution < 1.29 is 125 Å². The molecule has 570 valence electrons. The number of aromatic nitrogens is 1. The van der Waals surface area contributed by atoms with Crippen molar-refractivity contribution in [2.75, 3.05) is 58.8 Å². The number of esters is 3. The Balaban J connectivity index is 1.09. The molecule has 14 N–H and O–H groups in total. The van der Waals surface area contributed by atoms with Gasteiger partial charge in [0.15, 0.2) is 18.2 Å². The molecule has 2 unspecified atom stereocenters. The van der Waals surface area contributed by atoms with Crippen LogP contribution < -0.4 is 52.4 Å². The number of hydrogen-bond donors (Lipinski definition) is 13. The maximum atomic E-state index is 15.2. The van der Waals surface area contributed by atoms with E-state index in [2.05, 4.69) is 42.2 Å². The van der Waals surface area contributed by atoms with Crippen molar-refractivity contribution in [3.63, 3.8) is 0 Å². The predicted octanol–water partition coefficient (Wildman–Crippen LogP) is -3.19. The summed E-state index contributed by atoms with van der Waals surface area (Å²) >= 11 is -2.47. The number of aliphatic hydroxyl groups excluding tert-OH is 3. The number of amides is 10. The van der Waals surface area contributed by atoms with E-state index in [1.807, 2.05) is 0 Å². The average Bonchev–Trinajstić information content (AvgIpc) is 1.47. The molecular weight excluding hydrogens is 1390 g/mol. The quantitative estimate of drug-likeness (QED) is 0.0193. The van der Waals surface area contributed by atoms with Gasteiger partial charge in [0.2, 0.25) is 70.6 Å². The second kappa shape index (κ2) is 37.5. The van der Waals surface area contributed by atoms with Crippen LogP contribution in [0.4, 0.5) is 4.79 Å². The van der Waals surface area contributed by atoms with Crippen molar-refractivity contribution in [1.29, 1.82) is 0 Å². The number of carboxylic acids is 1. The van der Waals surface area contributed by atoms with Crippen molar-refractivity contribution in [3.05, 3.63) is 53.1 Å². The highest BCUT2D eigenvalue weighted by molar-refractivity contribution is 7.91. The van der Waals surface area contributed by atoms with E-state index < -0.39 is 236 Å². The van der Waals surface area contributed by atoms with Crippen molar-refractivity contribution in [1.82, 2.24) is 52.0 Å². The number of nitrogens with zero attached hydrogens (tertiary/aromatic N) is 2. The minimum atomic E-state index is -2.47. The van der Waals surface area contributed by atoms with Gasteiger partial charge >= 0.3 is 30.0 Å². The van der Waals surface area contributed by atoms with Crippen LogP contribution in [-0.4, -0.2) is 255 Å². The monoisotopic (exact) mass is 1480 g/mol. The number of primary amides is 1. The van der Waals surface area contributed by atoms with E-state index in [9.17, 15) is 87.5 Å². The maximum absolute atomic E-state index is 15.2. The molecule has 38 heteroatoms. The normalized spacial score (nSPS) is 25.4. The number of fused-ring (bicyclic) bond motifs is 5. The van der Waals surface area contributed by atoms with Crippen LogP contribution in [-0.2, 0) is 105 Å². The molecule has 10 amide bonds. The third-order valence-electron chi connectivity index (χ3n) is 17.7. The molecule has 4 aliphatic rings. The van der Waals surface area contributed by atoms with Gasteiger partial charge in [0, 0.05) is 87.9 Å². The van der Waals surface area contributed by atoms with Crippen LogP contribution in [0.2, 0.25) is 0 Å². The number of carbonyl (C=O) groups is 14. The largest absolute Gasteiger partial charge is 0.610 e. The molecule has 37 nitrogen and oxygen atoms in total. The number of unbranched alkanes of at least 4 members (excludes halogenated alkanes) is 3. The molecule has 15 atom stereocenters. The first-order chi connectivity index (χ1) is 49.3. The molecule has 1 aromatic heterocycles. The smallest absolute Gasteiger partial charge is 0.409 e. The molecule has 3 aromatic rings. The lowest BCUT2D eigenvalue weighted by Gasteiger charge is -2.40. The van der Waals surface area contributed by atoms with Gasteiger partial charge < -0.3 is 116 Å². The van der Waals surface area contributed by atoms with Crippen LogP contribution in [0.1, 0.15) is 108 Å². The molecular formula is C66H89N11O26S. The van der Waals surface area contributed by atoms with Crippen molar-refractivity contribution in [3.8, 4) is 11.5 Å². The van der Waals surface area contributed by atoms with Crippen molar-refractivity contribution in [2.24, 2.45) is 17.6 Å². The van der Waals surface area contributed by atoms with E-state index in [0.717, 1.165) is 25.7 Å². The zero-order chi connectivity index (χ0) is 76.4. The number of rotatable bonds is 23. The first kappa shape index (κ1) is 81.4. The molecule has 0 radical (unpaired) electrons. The van der Waals surface area contributed by atoms with Crippen LogP contribution in [0.3, 0.4) is 0 Å². The lowest BCUT2D eigenvalue weighted by atomic mass is 9.93. The van der Waals surface area contributed by atoms with E-state index in [1.165, 1.54) is 43.1 Å². The molecule has 0 saturated carbocycles. The van der Waals surface area contributed by atoms with Gasteiger partial charge in [-0.25, -0.2) is 9.59 Å². The number of nitrogens with two attached hydrogens (primary N) is 1. The number of aliphatic hydroxyl groups is 3. The summed E-state index contributed by atoms with van der Waals surface area (Å²) in [5.41, 5.74) is 5.72. The molecule has 2 bridgehead atoms. The molecule has 2 aromatic carbocycles. The summed E-state index contributed by atoms with van der Waals surface area (Å²) in [7, 11) is 1.51. The zero-order valence-corrected chi connectivity index (χ0v) is 59.0. The average molecular weight is 1480 g/mol. The van der Waals surface area contributed by atoms with Gasteiger partial charge in [0.05, 0.1) is 57.1 Å². The van der Waals surface area contributed by atoms with Crippen molar-refractivity contribution in [2.45, 2.75) is 178 Å². The summed E-state index contributed by atoms with van der Waals surface area (Å²) < 4.78 is 54.2. The SMILES string of the molecule is CC[C@H](C)C1NC(=O)CNC(=O)[C@@H]2Cc3c([nH]c4cc(OCCCCCCN(C)C(=O)OCc5ccc(O[C@@H]6OC[C@@H](OC(C)=O)[C@H](OC(C)=O)[C@H]6OC(C)=O)c(C(=O)O)c5)ccc34)[S+]([O-])C[C@H](NC(=O)CNC1=O)C(=O)N[C@@H](CC(N)=O)C(=O)N1C[C@H](O)C[C@H]1C(=O)N[C@@H]([C@@H](C)[C@@H](O)CO)C(=O)N2. The highest BCUT2D eigenvalue weighted by atomic mass is 32.2. The number of carboxylic acid groups (broad SMARTS) is 1. The number of aromatic carboxylic acids is 1. The molecule has 2 saturated heterocycles. The minimum absolute atomic E-state index is 0.0649. The molecule has 0 aliphatic carbocycles. The van der Waals surface area contributed by atoms with E-state index in [4.69, 9.17) is 38.9 Å². The van der Waals surface area contributed by atoms with Gasteiger partial charge in [0.25, 0.3) is 0 Å². The topological polar surface area (TPSA) is 540 Å². The molecule has 5 heterocycles. The summed E-state index contributed by atoms with van der Waals surface area (Å²) in [4.78, 5) is 194. The molecule has 2 fully saturated rings. The summed E-state index contributed by atoms with van der Waals surface area (Å²) in [6.07, 6.45) is -8.86. The summed E-state index contributed by atoms with van der Waals surface area (Å²) in [5, 5.41) is 59.4. The fourth-order valence-corrected chi connectivity index (χ4v) is 13.4. The Morgan fingerprint density at radius 1 is 0.788 bits per heavy atom. The second-order valence-corrected chi connectivity index (χ2v) is 27.0. The second-order valence-electron chi connectivity index (χ2n) is 25.6. The Hall–Kier alpha value is -9.89. The first-order valence-corrected chi connectivity index (χ1v) is 34.9. The lowest BCUT2D eigenvalue weighted by molar-refractivity contribution is -0.259. The van der Waals surface area contributed by atoms with Gasteiger partial charge in [-0.05, 0) is 48.6 Å². The number of benzene rings is 2. The Labute approximate surface area is 598 Å². The van der Waals surface area contributed by atoms with Crippen LogP contribution in [0.5, 0.6) is 11.5 Å². The van der Waals surface area contributed by atoms with Crippen LogP contribution in [0, 0.1) is 11.8 Å². The number of H-pyrrole nitrogens is 1. The maximum Gasteiger partial charge on any atom is 0.409 e. The lowest BCUT2D eigenvalue weighted by Crippen LogP contribution is -2.62. The standard InChI is InChI=1S/C66H89N11O26S/c1-8-31(2)53-60(90)69-24-51(85)70-45-30-104(96)62-40(22-43(57(87)68-25-52(86)74-53)71-61(91)54(32(3)47(83)27-78)75-59(89)46-20-37(82)26-77(46)63(92)44(23-50(67)84)72-58(45)88)39-15-14-38(21-42(39)73-62)97-18-12-10-9-11-17-76(7)66(95)99-28-36-13-16-48(41(19-36)64(93)94)103-65-56(102-35(6)81)55(101-34(5)80)49(29-98-65)100-33(4)79/h13-16,19,21,31-32,37,43-47,49,53-56,65,73,78,82-83H,8-12,17-18,20,22-30H2,1-7H3,(H2,67,84)(H,68,87)(H,69,90)(H,70,85)(H,71,91)(H,72,88)(H,74,86)(H,75,89)(H,93,94)/t31-,32-,37+,43-,44-,45-,46-,47-,49+,53?,54-,55-,56+,65-,104?/m0/s1. The minimum Gasteiger partial charge on any atom is -0.610 e. The van der Waals surface area contributed by atoms with Gasteiger partial charge in [-0.15, -0.1) is 0 Å². The van der Waals surface area contributed by atoms with E-state index in [-0.39, 0.29) is 64.9 Å². The van der Waals surface area contributed by atoms with Gasteiger partial charge in [-0.1, -0.05) is 46.1 Å². The summed E-state index contributed by atoms with van der Waals surface area (Å²) in [5.74, 6) is -16.1. The van der Waals surface area contributed by atoms with E-state index in [0.29, 0.717) is 32.1 Å². The molecule has 7 rings (SSSR count). The Bertz CT molecular complexity index is 3690. The Morgan fingerprint density at radius 2 is 1.46 bits per heavy atom. The van der Waals surface area contributed by atoms with Crippen LogP contribution >= 0.6 is 0 Å². The van der Waals surface area contributed by atoms with Gasteiger partial charge in [-0.2, -0.15) is 0 Å². The number of ether oxygens (including phenoxy) is 7. The number of hydrogen-bond acceptors (Lipinski definition) is 25. The summed E-state index contributed by atoms with van der Waals surface area (Å²) in [6, 6.07) is -1.81. The Morgan fingerprint density at radius 3 is 2.12 bits per heavy atom. The Kier molecular flexibility index (Phi) is 29.4. The van der Waals surface area contributed by atoms with E-state index >= 15 is 4.55 Å². The van der Waals surface area contributed by atoms with Crippen molar-refractivity contribution >= 4 is 105 Å². The number of aromatic amines is 1. The number of carbonyl (C=O) groups excluding carboxylic acids is 13. The highest BCUT2D eigenvalue weighted by Crippen LogP contribution is 2.33.